The molecule has 0 nitrogen and oxygen atoms in total. The molecule has 128 valence electrons. The van der Waals surface area contributed by atoms with Crippen molar-refractivity contribution in [2.24, 2.45) is 0 Å². The van der Waals surface area contributed by atoms with E-state index in [1.54, 1.807) is 0 Å². The van der Waals surface area contributed by atoms with Crippen molar-refractivity contribution in [2.45, 2.75) is 67.2 Å². The fourth-order valence-corrected chi connectivity index (χ4v) is 2.52. The van der Waals surface area contributed by atoms with Crippen LogP contribution in [0.5, 0.6) is 0 Å². The first kappa shape index (κ1) is 28.0. The monoisotopic (exact) mass is 430 g/mol. The Balaban J connectivity index is -0.000000308. The summed E-state index contributed by atoms with van der Waals surface area (Å²) in [5.41, 5.74) is 8.73. The van der Waals surface area contributed by atoms with Crippen molar-refractivity contribution >= 4 is 0 Å². The molecule has 0 atom stereocenters. The molecule has 2 rings (SSSR count). The van der Waals surface area contributed by atoms with Crippen LogP contribution in [0.4, 0.5) is 0 Å². The molecular formula is C20H30Cl2Zr. The number of aryl methyl sites for hydroxylation is 6. The van der Waals surface area contributed by atoms with Crippen molar-refractivity contribution in [3.63, 3.8) is 0 Å². The topological polar surface area (TPSA) is 0 Å². The Bertz CT molecular complexity index is 436. The van der Waals surface area contributed by atoms with E-state index < -0.39 is 0 Å². The van der Waals surface area contributed by atoms with Crippen LogP contribution in [0.2, 0.25) is 0 Å². The minimum absolute atomic E-state index is 0. The summed E-state index contributed by atoms with van der Waals surface area (Å²) in [7, 11) is 0. The number of halogens is 2. The zero-order chi connectivity index (χ0) is 15.1. The predicted molar refractivity (Wildman–Crippen MR) is 91.0 cm³/mol. The van der Waals surface area contributed by atoms with Gasteiger partial charge < -0.3 is 24.8 Å². The predicted octanol–water partition coefficient (Wildman–Crippen LogP) is -0.0448. The Morgan fingerprint density at radius 1 is 0.739 bits per heavy atom. The summed E-state index contributed by atoms with van der Waals surface area (Å²) in [5, 5.41) is 0. The van der Waals surface area contributed by atoms with Crippen LogP contribution in [-0.2, 0) is 39.0 Å². The molecule has 0 amide bonds. The van der Waals surface area contributed by atoms with Gasteiger partial charge in [-0.05, 0) is 0 Å². The molecule has 0 radical (unpaired) electrons. The van der Waals surface area contributed by atoms with Crippen molar-refractivity contribution in [1.82, 2.24) is 0 Å². The molecule has 2 aromatic carbocycles. The van der Waals surface area contributed by atoms with Crippen molar-refractivity contribution in [3.8, 4) is 0 Å². The molecular weight excluding hydrogens is 402 g/mol. The second kappa shape index (κ2) is 14.5. The molecule has 0 saturated heterocycles. The van der Waals surface area contributed by atoms with E-state index in [0.717, 1.165) is 0 Å². The molecule has 0 heterocycles. The molecule has 23 heavy (non-hydrogen) atoms. The molecule has 0 aliphatic rings. The summed E-state index contributed by atoms with van der Waals surface area (Å²) in [6, 6.07) is 9.16. The molecule has 0 spiro atoms. The molecule has 3 heteroatoms. The van der Waals surface area contributed by atoms with Crippen molar-refractivity contribution in [1.29, 1.82) is 0 Å². The van der Waals surface area contributed by atoms with Gasteiger partial charge in [0, 0.05) is 0 Å². The summed E-state index contributed by atoms with van der Waals surface area (Å²) >= 11 is 0. The van der Waals surface area contributed by atoms with Crippen LogP contribution < -0.4 is 24.8 Å². The molecule has 2 aromatic rings. The van der Waals surface area contributed by atoms with Crippen LogP contribution in [0.3, 0.4) is 0 Å². The first-order chi connectivity index (χ1) is 9.47. The SMILES string of the molecule is CCCc1cc(C)[c-](C)c1.CCCc1cc(C)[c-](C)c1.[Cl-].[Cl-].[Zr+4]. The Hall–Kier alpha value is 0.163. The Labute approximate surface area is 175 Å². The van der Waals surface area contributed by atoms with Gasteiger partial charge >= 0.3 is 26.2 Å². The molecule has 0 aromatic heterocycles. The minimum atomic E-state index is 0. The maximum absolute atomic E-state index is 2.29. The van der Waals surface area contributed by atoms with Gasteiger partial charge in [-0.3, -0.25) is 0 Å². The third kappa shape index (κ3) is 9.90. The van der Waals surface area contributed by atoms with Gasteiger partial charge in [0.2, 0.25) is 0 Å². The van der Waals surface area contributed by atoms with Gasteiger partial charge in [0.1, 0.15) is 0 Å². The van der Waals surface area contributed by atoms with Crippen molar-refractivity contribution in [2.75, 3.05) is 0 Å². The molecule has 0 unspecified atom stereocenters. The van der Waals surface area contributed by atoms with E-state index >= 15 is 0 Å². The van der Waals surface area contributed by atoms with Crippen molar-refractivity contribution in [3.05, 3.63) is 57.6 Å². The maximum atomic E-state index is 2.29. The standard InChI is InChI=1S/2C10H15.2ClH.Zr/c2*1-4-5-10-6-8(2)9(3)7-10;;;/h2*6-7H,4-5H2,1-3H3;2*1H;/q2*-1;;;+4/p-2. The van der Waals surface area contributed by atoms with Gasteiger partial charge in [0.25, 0.3) is 0 Å². The molecule has 0 bridgehead atoms. The van der Waals surface area contributed by atoms with E-state index in [4.69, 9.17) is 0 Å². The van der Waals surface area contributed by atoms with Crippen LogP contribution in [-0.4, -0.2) is 0 Å². The Morgan fingerprint density at radius 3 is 1.22 bits per heavy atom. The molecule has 0 N–H and O–H groups in total. The summed E-state index contributed by atoms with van der Waals surface area (Å²) in [6.07, 6.45) is 4.97. The van der Waals surface area contributed by atoms with Crippen LogP contribution in [0.1, 0.15) is 60.1 Å². The van der Waals surface area contributed by atoms with E-state index in [2.05, 4.69) is 65.8 Å². The van der Waals surface area contributed by atoms with Gasteiger partial charge in [-0.25, -0.2) is 12.1 Å². The van der Waals surface area contributed by atoms with Gasteiger partial charge in [-0.1, -0.05) is 67.2 Å². The van der Waals surface area contributed by atoms with E-state index in [1.165, 1.54) is 59.1 Å². The Kier molecular flexibility index (Phi) is 17.6. The van der Waals surface area contributed by atoms with Crippen LogP contribution >= 0.6 is 0 Å². The number of rotatable bonds is 4. The third-order valence-electron chi connectivity index (χ3n) is 3.93. The summed E-state index contributed by atoms with van der Waals surface area (Å²) in [6.45, 7) is 13.1. The van der Waals surface area contributed by atoms with Gasteiger partial charge in [0.15, 0.2) is 0 Å². The average Bonchev–Trinajstić information content (AvgIpc) is 2.85. The molecule has 0 saturated carbocycles. The Morgan fingerprint density at radius 2 is 1.04 bits per heavy atom. The fourth-order valence-electron chi connectivity index (χ4n) is 2.52. The second-order valence-corrected chi connectivity index (χ2v) is 5.96. The van der Waals surface area contributed by atoms with E-state index in [-0.39, 0.29) is 51.0 Å². The van der Waals surface area contributed by atoms with Crippen LogP contribution in [0.25, 0.3) is 0 Å². The first-order valence-electron chi connectivity index (χ1n) is 7.93. The quantitative estimate of drug-likeness (QED) is 0.595. The summed E-state index contributed by atoms with van der Waals surface area (Å²) in [5.74, 6) is 0. The summed E-state index contributed by atoms with van der Waals surface area (Å²) in [4.78, 5) is 0. The first-order valence-corrected chi connectivity index (χ1v) is 7.93. The smallest absolute Gasteiger partial charge is 1.00 e. The van der Waals surface area contributed by atoms with Gasteiger partial charge in [0.05, 0.1) is 0 Å². The second-order valence-electron chi connectivity index (χ2n) is 5.96. The largest absolute Gasteiger partial charge is 4.00 e. The zero-order valence-corrected chi connectivity index (χ0v) is 19.4. The maximum Gasteiger partial charge on any atom is 4.00 e. The van der Waals surface area contributed by atoms with E-state index in [0.29, 0.717) is 0 Å². The molecule has 0 aliphatic heterocycles. The van der Waals surface area contributed by atoms with Crippen molar-refractivity contribution < 1.29 is 51.0 Å². The normalized spacial score (nSPS) is 8.96. The third-order valence-corrected chi connectivity index (χ3v) is 3.93. The zero-order valence-electron chi connectivity index (χ0n) is 15.4. The molecule has 0 aliphatic carbocycles. The summed E-state index contributed by atoms with van der Waals surface area (Å²) < 4.78 is 0. The number of hydrogen-bond acceptors (Lipinski definition) is 0. The minimum Gasteiger partial charge on any atom is -1.00 e. The van der Waals surface area contributed by atoms with Gasteiger partial charge in [-0.15, -0.1) is 0 Å². The van der Waals surface area contributed by atoms with E-state index in [1.807, 2.05) is 0 Å². The van der Waals surface area contributed by atoms with Crippen LogP contribution in [0, 0.1) is 27.7 Å². The van der Waals surface area contributed by atoms with Crippen LogP contribution in [0.15, 0.2) is 24.3 Å². The number of hydrogen-bond donors (Lipinski definition) is 0. The van der Waals surface area contributed by atoms with Gasteiger partial charge in [-0.2, -0.15) is 45.5 Å². The van der Waals surface area contributed by atoms with E-state index in [9.17, 15) is 0 Å². The average molecular weight is 433 g/mol. The fraction of sp³-hybridized carbons (Fsp3) is 0.500. The molecule has 0 fully saturated rings.